The van der Waals surface area contributed by atoms with E-state index in [1.54, 1.807) is 0 Å². The molecule has 0 spiro atoms. The van der Waals surface area contributed by atoms with Gasteiger partial charge in [-0.2, -0.15) is 0 Å². The van der Waals surface area contributed by atoms with Crippen LogP contribution < -0.4 is 0 Å². The summed E-state index contributed by atoms with van der Waals surface area (Å²) in [6.45, 7) is 8.19. The first-order valence-electron chi connectivity index (χ1n) is 5.51. The van der Waals surface area contributed by atoms with Gasteiger partial charge in [-0.25, -0.2) is 0 Å². The third kappa shape index (κ3) is 5.35. The van der Waals surface area contributed by atoms with Crippen molar-refractivity contribution in [2.75, 3.05) is 26.2 Å². The van der Waals surface area contributed by atoms with Gasteiger partial charge in [0.25, 0.3) is 0 Å². The Labute approximate surface area is 87.1 Å². The predicted molar refractivity (Wildman–Crippen MR) is 58.3 cm³/mol. The van der Waals surface area contributed by atoms with Gasteiger partial charge >= 0.3 is 0 Å². The summed E-state index contributed by atoms with van der Waals surface area (Å²) < 4.78 is 0. The molecule has 0 saturated carbocycles. The van der Waals surface area contributed by atoms with Gasteiger partial charge in [0.05, 0.1) is 13.2 Å². The van der Waals surface area contributed by atoms with E-state index in [4.69, 9.17) is 5.11 Å². The number of hydrogen-bond donors (Lipinski definition) is 1. The maximum Gasteiger partial charge on any atom is 0.149 e. The molecule has 0 rings (SSSR count). The second-order valence-corrected chi connectivity index (χ2v) is 3.78. The molecule has 0 amide bonds. The lowest BCUT2D eigenvalue weighted by molar-refractivity contribution is -0.123. The van der Waals surface area contributed by atoms with Crippen LogP contribution in [0.5, 0.6) is 0 Å². The van der Waals surface area contributed by atoms with Gasteiger partial charge in [0.2, 0.25) is 0 Å². The normalized spacial score (nSPS) is 13.2. The first-order chi connectivity index (χ1) is 6.65. The summed E-state index contributed by atoms with van der Waals surface area (Å²) in [5, 5.41) is 8.82. The van der Waals surface area contributed by atoms with Crippen molar-refractivity contribution in [2.45, 2.75) is 33.6 Å². The van der Waals surface area contributed by atoms with Crippen molar-refractivity contribution in [3.63, 3.8) is 0 Å². The molecule has 3 heteroatoms. The highest BCUT2D eigenvalue weighted by Gasteiger charge is 2.14. The van der Waals surface area contributed by atoms with Crippen molar-refractivity contribution in [1.82, 2.24) is 4.90 Å². The molecule has 0 aromatic heterocycles. The van der Waals surface area contributed by atoms with Crippen molar-refractivity contribution in [3.8, 4) is 0 Å². The van der Waals surface area contributed by atoms with Gasteiger partial charge in [-0.3, -0.25) is 9.69 Å². The molecule has 0 aliphatic carbocycles. The molecule has 0 aliphatic heterocycles. The number of aliphatic hydroxyl groups excluding tert-OH is 1. The highest BCUT2D eigenvalue weighted by atomic mass is 16.3. The fourth-order valence-electron chi connectivity index (χ4n) is 1.33. The molecule has 1 unspecified atom stereocenters. The maximum atomic E-state index is 11.6. The SMILES string of the molecule is CCCN(CCO)CC(=O)C(C)CC. The Hall–Kier alpha value is -0.410. The molecule has 0 bridgehead atoms. The standard InChI is InChI=1S/C11H23NO2/c1-4-6-12(7-8-13)9-11(14)10(3)5-2/h10,13H,4-9H2,1-3H3. The predicted octanol–water partition coefficient (Wildman–Crippen LogP) is 1.31. The number of aliphatic hydroxyl groups is 1. The smallest absolute Gasteiger partial charge is 0.149 e. The van der Waals surface area contributed by atoms with Crippen LogP contribution in [0.2, 0.25) is 0 Å². The topological polar surface area (TPSA) is 40.5 Å². The zero-order valence-electron chi connectivity index (χ0n) is 9.62. The Bertz CT molecular complexity index is 153. The largest absolute Gasteiger partial charge is 0.395 e. The second kappa shape index (κ2) is 7.94. The lowest BCUT2D eigenvalue weighted by atomic mass is 10.0. The van der Waals surface area contributed by atoms with Gasteiger partial charge in [0, 0.05) is 12.5 Å². The number of carbonyl (C=O) groups excluding carboxylic acids is 1. The van der Waals surface area contributed by atoms with Crippen molar-refractivity contribution in [3.05, 3.63) is 0 Å². The number of ketones is 1. The lowest BCUT2D eigenvalue weighted by Gasteiger charge is -2.21. The molecule has 14 heavy (non-hydrogen) atoms. The van der Waals surface area contributed by atoms with E-state index in [1.165, 1.54) is 0 Å². The maximum absolute atomic E-state index is 11.6. The van der Waals surface area contributed by atoms with E-state index >= 15 is 0 Å². The number of rotatable bonds is 8. The zero-order valence-corrected chi connectivity index (χ0v) is 9.62. The van der Waals surface area contributed by atoms with E-state index in [9.17, 15) is 4.79 Å². The number of nitrogens with zero attached hydrogens (tertiary/aromatic N) is 1. The van der Waals surface area contributed by atoms with E-state index < -0.39 is 0 Å². The number of Topliss-reactive ketones (excluding diaryl/α,β-unsaturated/α-hetero) is 1. The molecule has 0 aromatic carbocycles. The minimum Gasteiger partial charge on any atom is -0.395 e. The molecule has 0 aromatic rings. The third-order valence-electron chi connectivity index (χ3n) is 2.50. The molecule has 1 atom stereocenters. The van der Waals surface area contributed by atoms with E-state index in [0.29, 0.717) is 13.1 Å². The average molecular weight is 201 g/mol. The van der Waals surface area contributed by atoms with Crippen LogP contribution in [0.1, 0.15) is 33.6 Å². The van der Waals surface area contributed by atoms with Crippen LogP contribution in [0, 0.1) is 5.92 Å². The Morgan fingerprint density at radius 3 is 2.43 bits per heavy atom. The fraction of sp³-hybridized carbons (Fsp3) is 0.909. The minimum absolute atomic E-state index is 0.133. The fourth-order valence-corrected chi connectivity index (χ4v) is 1.33. The Morgan fingerprint density at radius 2 is 2.00 bits per heavy atom. The zero-order chi connectivity index (χ0) is 11.0. The van der Waals surface area contributed by atoms with Gasteiger partial charge in [-0.05, 0) is 19.4 Å². The van der Waals surface area contributed by atoms with Gasteiger partial charge < -0.3 is 5.11 Å². The first-order valence-corrected chi connectivity index (χ1v) is 5.51. The average Bonchev–Trinajstić information content (AvgIpc) is 2.17. The lowest BCUT2D eigenvalue weighted by Crippen LogP contribution is -2.35. The van der Waals surface area contributed by atoms with Gasteiger partial charge in [0.1, 0.15) is 5.78 Å². The second-order valence-electron chi connectivity index (χ2n) is 3.78. The van der Waals surface area contributed by atoms with Crippen LogP contribution in [-0.4, -0.2) is 42.0 Å². The van der Waals surface area contributed by atoms with Crippen LogP contribution >= 0.6 is 0 Å². The summed E-state index contributed by atoms with van der Waals surface area (Å²) >= 11 is 0. The Kier molecular flexibility index (Phi) is 7.71. The van der Waals surface area contributed by atoms with Crippen LogP contribution in [-0.2, 0) is 4.79 Å². The Balaban J connectivity index is 3.94. The van der Waals surface area contributed by atoms with Gasteiger partial charge in [-0.1, -0.05) is 20.8 Å². The molecule has 84 valence electrons. The van der Waals surface area contributed by atoms with E-state index in [-0.39, 0.29) is 18.3 Å². The summed E-state index contributed by atoms with van der Waals surface area (Å²) in [6, 6.07) is 0. The van der Waals surface area contributed by atoms with Gasteiger partial charge in [0.15, 0.2) is 0 Å². The van der Waals surface area contributed by atoms with Crippen molar-refractivity contribution >= 4 is 5.78 Å². The van der Waals surface area contributed by atoms with Crippen molar-refractivity contribution < 1.29 is 9.90 Å². The van der Waals surface area contributed by atoms with E-state index in [1.807, 2.05) is 18.7 Å². The molecule has 0 fully saturated rings. The molecule has 0 radical (unpaired) electrons. The molecule has 0 heterocycles. The monoisotopic (exact) mass is 201 g/mol. The van der Waals surface area contributed by atoms with Crippen molar-refractivity contribution in [2.24, 2.45) is 5.92 Å². The Morgan fingerprint density at radius 1 is 1.36 bits per heavy atom. The highest BCUT2D eigenvalue weighted by Crippen LogP contribution is 2.04. The number of hydrogen-bond acceptors (Lipinski definition) is 3. The summed E-state index contributed by atoms with van der Waals surface area (Å²) in [7, 11) is 0. The molecular weight excluding hydrogens is 178 g/mol. The van der Waals surface area contributed by atoms with Gasteiger partial charge in [-0.15, -0.1) is 0 Å². The van der Waals surface area contributed by atoms with Crippen LogP contribution in [0.15, 0.2) is 0 Å². The molecular formula is C11H23NO2. The van der Waals surface area contributed by atoms with E-state index in [2.05, 4.69) is 6.92 Å². The summed E-state index contributed by atoms with van der Waals surface area (Å²) in [6.07, 6.45) is 1.92. The summed E-state index contributed by atoms with van der Waals surface area (Å²) in [5.41, 5.74) is 0. The van der Waals surface area contributed by atoms with Crippen LogP contribution in [0.25, 0.3) is 0 Å². The van der Waals surface area contributed by atoms with Crippen molar-refractivity contribution in [1.29, 1.82) is 0 Å². The molecule has 0 saturated heterocycles. The number of carbonyl (C=O) groups is 1. The third-order valence-corrected chi connectivity index (χ3v) is 2.50. The minimum atomic E-state index is 0.133. The van der Waals surface area contributed by atoms with E-state index in [0.717, 1.165) is 19.4 Å². The molecule has 0 aliphatic rings. The van der Waals surface area contributed by atoms with Crippen LogP contribution in [0.3, 0.4) is 0 Å². The summed E-state index contributed by atoms with van der Waals surface area (Å²) in [5.74, 6) is 0.433. The highest BCUT2D eigenvalue weighted by molar-refractivity contribution is 5.82. The summed E-state index contributed by atoms with van der Waals surface area (Å²) in [4.78, 5) is 13.6. The first kappa shape index (κ1) is 13.6. The molecule has 1 N–H and O–H groups in total. The van der Waals surface area contributed by atoms with Crippen LogP contribution in [0.4, 0.5) is 0 Å². The quantitative estimate of drug-likeness (QED) is 0.643. The molecule has 3 nitrogen and oxygen atoms in total.